The third kappa shape index (κ3) is 1.89. The molecule has 7 nitrogen and oxygen atoms in total. The molecule has 2 N–H and O–H groups in total. The van der Waals surface area contributed by atoms with Gasteiger partial charge in [0.05, 0.1) is 30.8 Å². The zero-order valence-corrected chi connectivity index (χ0v) is 13.3. The van der Waals surface area contributed by atoms with E-state index >= 15 is 0 Å². The Balaban J connectivity index is 1.84. The Hall–Kier alpha value is -3.61. The normalized spacial score (nSPS) is 11.6. The molecule has 0 aliphatic rings. The lowest BCUT2D eigenvalue weighted by Crippen LogP contribution is -2.21. The van der Waals surface area contributed by atoms with Gasteiger partial charge in [0.2, 0.25) is 0 Å². The predicted molar refractivity (Wildman–Crippen MR) is 95.4 cm³/mol. The highest BCUT2D eigenvalue weighted by Crippen LogP contribution is 2.27. The van der Waals surface area contributed by atoms with Crippen LogP contribution in [0.4, 0.5) is 0 Å². The van der Waals surface area contributed by atoms with Gasteiger partial charge in [-0.2, -0.15) is 9.78 Å². The summed E-state index contributed by atoms with van der Waals surface area (Å²) >= 11 is 0. The number of methoxy groups -OCH3 is 1. The average molecular weight is 331 g/mol. The molecule has 3 heterocycles. The van der Waals surface area contributed by atoms with E-state index in [1.165, 1.54) is 4.68 Å². The van der Waals surface area contributed by atoms with Crippen LogP contribution >= 0.6 is 0 Å². The number of aromatic nitrogens is 5. The second-order valence-electron chi connectivity index (χ2n) is 5.76. The Labute approximate surface area is 140 Å². The summed E-state index contributed by atoms with van der Waals surface area (Å²) in [6.45, 7) is 0. The molecule has 5 aromatic rings. The molecule has 0 amide bonds. The number of hydrogen-bond acceptors (Lipinski definition) is 4. The molecule has 0 saturated carbocycles. The molecule has 0 atom stereocenters. The molecule has 0 aliphatic carbocycles. The maximum Gasteiger partial charge on any atom is 0.295 e. The van der Waals surface area contributed by atoms with Crippen LogP contribution in [0.15, 0.2) is 53.7 Å². The fraction of sp³-hybridized carbons (Fsp3) is 0.0556. The minimum Gasteiger partial charge on any atom is -0.497 e. The van der Waals surface area contributed by atoms with Crippen LogP contribution in [-0.4, -0.2) is 31.8 Å². The standard InChI is InChI=1S/C18H13N5O2/c1-25-10-5-6-13-11(7-10)12-8-21-23(18(24)16(12)22-13)15-4-2-3-14-17(15)20-9-19-14/h2-9,22H,1H3,(H,19,20). The number of imidazole rings is 1. The van der Waals surface area contributed by atoms with Crippen molar-refractivity contribution < 1.29 is 4.74 Å². The van der Waals surface area contributed by atoms with Gasteiger partial charge in [0.15, 0.2) is 0 Å². The number of hydrogen-bond donors (Lipinski definition) is 2. The molecule has 0 aliphatic heterocycles. The summed E-state index contributed by atoms with van der Waals surface area (Å²) < 4.78 is 6.65. The number of aromatic amines is 2. The van der Waals surface area contributed by atoms with Crippen molar-refractivity contribution in [1.82, 2.24) is 24.7 Å². The van der Waals surface area contributed by atoms with E-state index in [0.717, 1.165) is 27.6 Å². The number of fused-ring (bicyclic) bond motifs is 4. The summed E-state index contributed by atoms with van der Waals surface area (Å²) in [6, 6.07) is 11.2. The maximum atomic E-state index is 13.0. The molecular weight excluding hydrogens is 318 g/mol. The van der Waals surface area contributed by atoms with Gasteiger partial charge in [-0.1, -0.05) is 6.07 Å². The summed E-state index contributed by atoms with van der Waals surface area (Å²) in [6.07, 6.45) is 3.30. The van der Waals surface area contributed by atoms with Crippen LogP contribution in [0.3, 0.4) is 0 Å². The first-order valence-electron chi connectivity index (χ1n) is 7.76. The van der Waals surface area contributed by atoms with E-state index in [2.05, 4.69) is 20.1 Å². The molecule has 7 heteroatoms. The number of rotatable bonds is 2. The van der Waals surface area contributed by atoms with E-state index in [1.807, 2.05) is 36.4 Å². The molecule has 122 valence electrons. The second-order valence-corrected chi connectivity index (χ2v) is 5.76. The Morgan fingerprint density at radius 3 is 2.92 bits per heavy atom. The van der Waals surface area contributed by atoms with E-state index in [0.29, 0.717) is 16.7 Å². The SMILES string of the molecule is COc1ccc2[nH]c3c(=O)n(-c4cccc5[nH]cnc45)ncc3c2c1. The minimum atomic E-state index is -0.219. The van der Waals surface area contributed by atoms with Crippen molar-refractivity contribution in [2.45, 2.75) is 0 Å². The monoisotopic (exact) mass is 331 g/mol. The number of nitrogens with one attached hydrogen (secondary N) is 2. The van der Waals surface area contributed by atoms with Crippen LogP contribution in [-0.2, 0) is 0 Å². The number of H-pyrrole nitrogens is 2. The fourth-order valence-electron chi connectivity index (χ4n) is 3.19. The van der Waals surface area contributed by atoms with Crippen LogP contribution < -0.4 is 10.3 Å². The molecule has 0 saturated heterocycles. The number of nitrogens with zero attached hydrogens (tertiary/aromatic N) is 3. The Bertz CT molecular complexity index is 1310. The summed E-state index contributed by atoms with van der Waals surface area (Å²) in [5.41, 5.74) is 3.35. The summed E-state index contributed by atoms with van der Waals surface area (Å²) in [5, 5.41) is 6.05. The summed E-state index contributed by atoms with van der Waals surface area (Å²) in [7, 11) is 1.62. The number of benzene rings is 2. The van der Waals surface area contributed by atoms with E-state index in [1.54, 1.807) is 19.6 Å². The van der Waals surface area contributed by atoms with Gasteiger partial charge >= 0.3 is 0 Å². The van der Waals surface area contributed by atoms with E-state index in [4.69, 9.17) is 4.74 Å². The molecule has 0 radical (unpaired) electrons. The molecule has 5 rings (SSSR count). The molecule has 0 fully saturated rings. The first-order chi connectivity index (χ1) is 12.3. The van der Waals surface area contributed by atoms with Crippen LogP contribution in [0.5, 0.6) is 5.75 Å². The van der Waals surface area contributed by atoms with Crippen LogP contribution in [0, 0.1) is 0 Å². The smallest absolute Gasteiger partial charge is 0.295 e. The highest BCUT2D eigenvalue weighted by Gasteiger charge is 2.14. The van der Waals surface area contributed by atoms with Crippen molar-refractivity contribution in [2.24, 2.45) is 0 Å². The lowest BCUT2D eigenvalue weighted by atomic mass is 10.2. The van der Waals surface area contributed by atoms with Gasteiger partial charge in [0.25, 0.3) is 5.56 Å². The lowest BCUT2D eigenvalue weighted by molar-refractivity contribution is 0.415. The molecule has 0 unspecified atom stereocenters. The Kier molecular flexibility index (Phi) is 2.73. The van der Waals surface area contributed by atoms with E-state index in [9.17, 15) is 4.79 Å². The van der Waals surface area contributed by atoms with E-state index < -0.39 is 0 Å². The molecule has 3 aromatic heterocycles. The van der Waals surface area contributed by atoms with Crippen molar-refractivity contribution >= 4 is 32.8 Å². The molecule has 25 heavy (non-hydrogen) atoms. The van der Waals surface area contributed by atoms with Crippen molar-refractivity contribution in [1.29, 1.82) is 0 Å². The third-order valence-electron chi connectivity index (χ3n) is 4.41. The van der Waals surface area contributed by atoms with E-state index in [-0.39, 0.29) is 5.56 Å². The van der Waals surface area contributed by atoms with Gasteiger partial charge in [-0.3, -0.25) is 4.79 Å². The first kappa shape index (κ1) is 13.8. The summed E-state index contributed by atoms with van der Waals surface area (Å²) in [4.78, 5) is 23.6. The highest BCUT2D eigenvalue weighted by atomic mass is 16.5. The highest BCUT2D eigenvalue weighted by molar-refractivity contribution is 6.07. The molecule has 2 aromatic carbocycles. The van der Waals surface area contributed by atoms with Gasteiger partial charge in [-0.15, -0.1) is 0 Å². The van der Waals surface area contributed by atoms with Gasteiger partial charge in [-0.05, 0) is 30.3 Å². The van der Waals surface area contributed by atoms with Gasteiger partial charge < -0.3 is 14.7 Å². The van der Waals surface area contributed by atoms with Crippen LogP contribution in [0.2, 0.25) is 0 Å². The zero-order chi connectivity index (χ0) is 17.0. The third-order valence-corrected chi connectivity index (χ3v) is 4.41. The number of para-hydroxylation sites is 1. The first-order valence-corrected chi connectivity index (χ1v) is 7.76. The predicted octanol–water partition coefficient (Wildman–Crippen LogP) is 2.75. The van der Waals surface area contributed by atoms with Gasteiger partial charge in [-0.25, -0.2) is 4.98 Å². The fourth-order valence-corrected chi connectivity index (χ4v) is 3.19. The van der Waals surface area contributed by atoms with Crippen molar-refractivity contribution in [2.75, 3.05) is 7.11 Å². The van der Waals surface area contributed by atoms with Gasteiger partial charge in [0, 0.05) is 16.3 Å². The minimum absolute atomic E-state index is 0.219. The van der Waals surface area contributed by atoms with Crippen LogP contribution in [0.25, 0.3) is 38.5 Å². The Morgan fingerprint density at radius 1 is 1.12 bits per heavy atom. The zero-order valence-electron chi connectivity index (χ0n) is 13.3. The Morgan fingerprint density at radius 2 is 2.04 bits per heavy atom. The van der Waals surface area contributed by atoms with Crippen LogP contribution in [0.1, 0.15) is 0 Å². The summed E-state index contributed by atoms with van der Waals surface area (Å²) in [5.74, 6) is 0.735. The number of ether oxygens (including phenoxy) is 1. The topological polar surface area (TPSA) is 88.6 Å². The second kappa shape index (κ2) is 4.94. The molecule has 0 bridgehead atoms. The maximum absolute atomic E-state index is 13.0. The van der Waals surface area contributed by atoms with Crippen molar-refractivity contribution in [3.63, 3.8) is 0 Å². The lowest BCUT2D eigenvalue weighted by Gasteiger charge is -2.05. The average Bonchev–Trinajstić information content (AvgIpc) is 3.26. The van der Waals surface area contributed by atoms with Gasteiger partial charge in [0.1, 0.15) is 16.8 Å². The van der Waals surface area contributed by atoms with Crippen molar-refractivity contribution in [3.8, 4) is 11.4 Å². The largest absolute Gasteiger partial charge is 0.497 e. The molecular formula is C18H13N5O2. The quantitative estimate of drug-likeness (QED) is 0.520. The molecule has 0 spiro atoms. The van der Waals surface area contributed by atoms with Crippen molar-refractivity contribution in [3.05, 3.63) is 59.3 Å².